The second-order valence-electron chi connectivity index (χ2n) is 7.66. The molecule has 3 nitrogen and oxygen atoms in total. The molecule has 4 unspecified atom stereocenters. The minimum Gasteiger partial charge on any atom is -0.404 e. The Kier molecular flexibility index (Phi) is 2.69. The minimum atomic E-state index is -0.213. The molecule has 3 aliphatic carbocycles. The molecule has 0 aromatic carbocycles. The standard InChI is InChI=1S/C14H26BNO2/c1-8(2)12(16)15-17-11-7-9-6-10(13(9,3)4)14(11,5)18-15/h8-12H,6-7,16H2,1-5H3/t9?,10?,11?,12?,14-/m1/s1. The van der Waals surface area contributed by atoms with Gasteiger partial charge in [-0.05, 0) is 42.9 Å². The third kappa shape index (κ3) is 1.49. The van der Waals surface area contributed by atoms with Gasteiger partial charge in [-0.2, -0.15) is 0 Å². The van der Waals surface area contributed by atoms with Crippen molar-refractivity contribution in [2.45, 2.75) is 65.1 Å². The largest absolute Gasteiger partial charge is 0.475 e. The van der Waals surface area contributed by atoms with Crippen LogP contribution in [0, 0.1) is 23.2 Å². The highest BCUT2D eigenvalue weighted by molar-refractivity contribution is 6.47. The lowest BCUT2D eigenvalue weighted by Crippen LogP contribution is -2.65. The van der Waals surface area contributed by atoms with Crippen molar-refractivity contribution in [1.82, 2.24) is 0 Å². The molecule has 4 rings (SSSR count). The summed E-state index contributed by atoms with van der Waals surface area (Å²) in [5.74, 6) is 1.80. The van der Waals surface area contributed by atoms with Crippen LogP contribution in [0.25, 0.3) is 0 Å². The Morgan fingerprint density at radius 2 is 1.89 bits per heavy atom. The van der Waals surface area contributed by atoms with Crippen molar-refractivity contribution in [2.24, 2.45) is 28.9 Å². The number of hydrogen-bond acceptors (Lipinski definition) is 3. The van der Waals surface area contributed by atoms with Crippen molar-refractivity contribution in [2.75, 3.05) is 0 Å². The number of nitrogens with two attached hydrogens (primary N) is 1. The Hall–Kier alpha value is -0.0551. The van der Waals surface area contributed by atoms with E-state index in [1.54, 1.807) is 0 Å². The molecule has 4 heteroatoms. The molecule has 0 aromatic heterocycles. The molecule has 4 fully saturated rings. The summed E-state index contributed by atoms with van der Waals surface area (Å²) >= 11 is 0. The van der Waals surface area contributed by atoms with Crippen LogP contribution in [-0.4, -0.2) is 24.8 Å². The second-order valence-corrected chi connectivity index (χ2v) is 7.66. The van der Waals surface area contributed by atoms with E-state index in [1.165, 1.54) is 6.42 Å². The second kappa shape index (κ2) is 3.74. The summed E-state index contributed by atoms with van der Waals surface area (Å²) in [4.78, 5) is 0. The first-order chi connectivity index (χ1) is 8.26. The van der Waals surface area contributed by atoms with Gasteiger partial charge >= 0.3 is 7.12 Å². The summed E-state index contributed by atoms with van der Waals surface area (Å²) < 4.78 is 12.5. The minimum absolute atomic E-state index is 0.0206. The van der Waals surface area contributed by atoms with E-state index in [2.05, 4.69) is 34.6 Å². The van der Waals surface area contributed by atoms with E-state index >= 15 is 0 Å². The van der Waals surface area contributed by atoms with E-state index in [1.807, 2.05) is 0 Å². The molecule has 102 valence electrons. The maximum absolute atomic E-state index is 6.31. The molecule has 1 heterocycles. The molecular formula is C14H26BNO2. The smallest absolute Gasteiger partial charge is 0.404 e. The zero-order chi connectivity index (χ0) is 13.3. The maximum Gasteiger partial charge on any atom is 0.475 e. The van der Waals surface area contributed by atoms with Gasteiger partial charge in [0.25, 0.3) is 0 Å². The molecule has 0 aromatic rings. The van der Waals surface area contributed by atoms with E-state index < -0.39 is 0 Å². The Bertz CT molecular complexity index is 360. The third-order valence-electron chi connectivity index (χ3n) is 6.05. The monoisotopic (exact) mass is 251 g/mol. The fraction of sp³-hybridized carbons (Fsp3) is 1.00. The van der Waals surface area contributed by atoms with E-state index in [0.29, 0.717) is 17.3 Å². The van der Waals surface area contributed by atoms with Crippen molar-refractivity contribution in [3.8, 4) is 0 Å². The molecule has 4 aliphatic rings. The molecule has 0 spiro atoms. The van der Waals surface area contributed by atoms with Crippen LogP contribution in [0.3, 0.4) is 0 Å². The van der Waals surface area contributed by atoms with Gasteiger partial charge in [0.2, 0.25) is 0 Å². The predicted molar refractivity (Wildman–Crippen MR) is 72.9 cm³/mol. The lowest BCUT2D eigenvalue weighted by atomic mass is 9.43. The Labute approximate surface area is 111 Å². The first-order valence-corrected chi connectivity index (χ1v) is 7.35. The van der Waals surface area contributed by atoms with Gasteiger partial charge in [0.1, 0.15) is 0 Å². The van der Waals surface area contributed by atoms with Gasteiger partial charge in [-0.1, -0.05) is 27.7 Å². The zero-order valence-electron chi connectivity index (χ0n) is 12.3. The highest BCUT2D eigenvalue weighted by Crippen LogP contribution is 2.65. The first kappa shape index (κ1) is 13.0. The number of hydrogen-bond donors (Lipinski definition) is 1. The molecule has 5 atom stereocenters. The van der Waals surface area contributed by atoms with Gasteiger partial charge in [0.15, 0.2) is 0 Å². The molecule has 2 bridgehead atoms. The molecule has 2 N–H and O–H groups in total. The zero-order valence-corrected chi connectivity index (χ0v) is 12.3. The Balaban J connectivity index is 1.81. The summed E-state index contributed by atoms with van der Waals surface area (Å²) in [6, 6.07) is 0. The van der Waals surface area contributed by atoms with Crippen LogP contribution in [0.4, 0.5) is 0 Å². The van der Waals surface area contributed by atoms with Crippen LogP contribution < -0.4 is 5.73 Å². The van der Waals surface area contributed by atoms with Gasteiger partial charge < -0.3 is 15.0 Å². The average molecular weight is 251 g/mol. The van der Waals surface area contributed by atoms with Crippen LogP contribution >= 0.6 is 0 Å². The molecule has 18 heavy (non-hydrogen) atoms. The van der Waals surface area contributed by atoms with Crippen LogP contribution in [0.2, 0.25) is 0 Å². The molecule has 3 saturated carbocycles. The lowest BCUT2D eigenvalue weighted by Gasteiger charge is -2.64. The van der Waals surface area contributed by atoms with E-state index in [0.717, 1.165) is 12.3 Å². The Morgan fingerprint density at radius 3 is 2.44 bits per heavy atom. The Morgan fingerprint density at radius 1 is 1.22 bits per heavy atom. The first-order valence-electron chi connectivity index (χ1n) is 7.35. The highest BCUT2D eigenvalue weighted by Gasteiger charge is 2.68. The highest BCUT2D eigenvalue weighted by atomic mass is 16.7. The SMILES string of the molecule is CC(C)C(N)B1OC2CC3CC(C3(C)C)[C@@]2(C)O1. The van der Waals surface area contributed by atoms with Crippen molar-refractivity contribution in [3.05, 3.63) is 0 Å². The van der Waals surface area contributed by atoms with Crippen LogP contribution in [-0.2, 0) is 9.31 Å². The fourth-order valence-electron chi connectivity index (χ4n) is 4.38. The molecule has 1 saturated heterocycles. The van der Waals surface area contributed by atoms with E-state index in [9.17, 15) is 0 Å². The summed E-state index contributed by atoms with van der Waals surface area (Å²) in [6.45, 7) is 11.3. The van der Waals surface area contributed by atoms with Crippen molar-refractivity contribution >= 4 is 7.12 Å². The van der Waals surface area contributed by atoms with Gasteiger partial charge in [0, 0.05) is 5.94 Å². The van der Waals surface area contributed by atoms with E-state index in [4.69, 9.17) is 15.0 Å². The fourth-order valence-corrected chi connectivity index (χ4v) is 4.38. The van der Waals surface area contributed by atoms with Crippen molar-refractivity contribution in [1.29, 1.82) is 0 Å². The summed E-state index contributed by atoms with van der Waals surface area (Å²) in [7, 11) is -0.213. The average Bonchev–Trinajstić information content (AvgIpc) is 2.63. The topological polar surface area (TPSA) is 44.5 Å². The van der Waals surface area contributed by atoms with Gasteiger partial charge in [-0.3, -0.25) is 0 Å². The van der Waals surface area contributed by atoms with Crippen LogP contribution in [0.1, 0.15) is 47.5 Å². The normalized spacial score (nSPS) is 46.8. The predicted octanol–water partition coefficient (Wildman–Crippen LogP) is 2.24. The maximum atomic E-state index is 6.31. The van der Waals surface area contributed by atoms with E-state index in [-0.39, 0.29) is 24.8 Å². The molecular weight excluding hydrogens is 225 g/mol. The summed E-state index contributed by atoms with van der Waals surface area (Å²) in [6.07, 6.45) is 2.69. The quantitative estimate of drug-likeness (QED) is 0.765. The van der Waals surface area contributed by atoms with Crippen LogP contribution in [0.5, 0.6) is 0 Å². The third-order valence-corrected chi connectivity index (χ3v) is 6.05. The van der Waals surface area contributed by atoms with Crippen LogP contribution in [0.15, 0.2) is 0 Å². The van der Waals surface area contributed by atoms with Gasteiger partial charge in [-0.15, -0.1) is 0 Å². The van der Waals surface area contributed by atoms with Crippen molar-refractivity contribution < 1.29 is 9.31 Å². The van der Waals surface area contributed by atoms with Gasteiger partial charge in [-0.25, -0.2) is 0 Å². The number of rotatable bonds is 2. The van der Waals surface area contributed by atoms with Gasteiger partial charge in [0.05, 0.1) is 11.7 Å². The summed E-state index contributed by atoms with van der Waals surface area (Å²) in [5, 5.41) is 0. The lowest BCUT2D eigenvalue weighted by molar-refractivity contribution is -0.199. The van der Waals surface area contributed by atoms with Crippen molar-refractivity contribution in [3.63, 3.8) is 0 Å². The molecule has 0 amide bonds. The molecule has 1 aliphatic heterocycles. The molecule has 0 radical (unpaired) electrons. The summed E-state index contributed by atoms with van der Waals surface area (Å²) in [5.41, 5.74) is 6.50.